The van der Waals surface area contributed by atoms with Crippen LogP contribution in [0.15, 0.2) is 61.1 Å². The number of carbonyl (C=O) groups is 1. The lowest BCUT2D eigenvalue weighted by Gasteiger charge is -2.08. The van der Waals surface area contributed by atoms with E-state index >= 15 is 0 Å². The summed E-state index contributed by atoms with van der Waals surface area (Å²) in [6.45, 7) is 0.745. The first-order valence-electron chi connectivity index (χ1n) is 7.83. The maximum absolute atomic E-state index is 12.5. The summed E-state index contributed by atoms with van der Waals surface area (Å²) in [5.41, 5.74) is 1.12. The zero-order chi connectivity index (χ0) is 18.6. The average molecular weight is 360 g/mol. The van der Waals surface area contributed by atoms with Crippen LogP contribution in [0.1, 0.15) is 15.9 Å². The van der Waals surface area contributed by atoms with Gasteiger partial charge in [0, 0.05) is 36.3 Å². The van der Waals surface area contributed by atoms with Gasteiger partial charge in [0.25, 0.3) is 5.91 Å². The van der Waals surface area contributed by atoms with Crippen LogP contribution in [-0.2, 0) is 12.7 Å². The highest BCUT2D eigenvalue weighted by atomic mass is 19.4. The van der Waals surface area contributed by atoms with E-state index < -0.39 is 17.6 Å². The second-order valence-electron chi connectivity index (χ2n) is 5.53. The van der Waals surface area contributed by atoms with Crippen LogP contribution in [0.4, 0.5) is 13.2 Å². The molecule has 0 aliphatic rings. The number of halogens is 3. The highest BCUT2D eigenvalue weighted by Crippen LogP contribution is 2.29. The molecule has 2 aromatic heterocycles. The number of amides is 1. The molecule has 1 N–H and O–H groups in total. The van der Waals surface area contributed by atoms with Crippen molar-refractivity contribution in [2.24, 2.45) is 0 Å². The van der Waals surface area contributed by atoms with Crippen LogP contribution in [0.25, 0.3) is 11.3 Å². The van der Waals surface area contributed by atoms with Crippen molar-refractivity contribution in [2.75, 3.05) is 6.54 Å². The monoisotopic (exact) mass is 360 g/mol. The molecule has 0 spiro atoms. The molecule has 0 saturated heterocycles. The summed E-state index contributed by atoms with van der Waals surface area (Å²) >= 11 is 0. The summed E-state index contributed by atoms with van der Waals surface area (Å²) < 4.78 is 39.2. The summed E-state index contributed by atoms with van der Waals surface area (Å²) in [6.07, 6.45) is 0.735. The van der Waals surface area contributed by atoms with Crippen LogP contribution in [-0.4, -0.2) is 27.2 Å². The molecule has 0 radical (unpaired) electrons. The average Bonchev–Trinajstić information content (AvgIpc) is 3.11. The number of aromatic nitrogens is 3. The summed E-state index contributed by atoms with van der Waals surface area (Å²) in [6, 6.07) is 9.65. The molecule has 0 atom stereocenters. The predicted octanol–water partition coefficient (Wildman–Crippen LogP) is 3.39. The predicted molar refractivity (Wildman–Crippen MR) is 89.2 cm³/mol. The Bertz CT molecular complexity index is 873. The first-order valence-corrected chi connectivity index (χ1v) is 7.83. The first kappa shape index (κ1) is 17.7. The van der Waals surface area contributed by atoms with E-state index in [-0.39, 0.29) is 5.56 Å². The van der Waals surface area contributed by atoms with Crippen LogP contribution < -0.4 is 5.32 Å². The number of hydrogen-bond donors (Lipinski definition) is 1. The van der Waals surface area contributed by atoms with E-state index in [4.69, 9.17) is 0 Å². The van der Waals surface area contributed by atoms with E-state index in [1.54, 1.807) is 23.3 Å². The second kappa shape index (κ2) is 7.38. The third kappa shape index (κ3) is 4.27. The number of nitrogens with zero attached hydrogens (tertiary/aromatic N) is 3. The SMILES string of the molecule is O=C(NCCn1ccc(-c2ccncc2)n1)c1ccc(C(F)(F)F)cc1. The standard InChI is InChI=1S/C18H15F3N4O/c19-18(20,21)15-3-1-14(2-4-15)17(26)23-10-12-25-11-7-16(24-25)13-5-8-22-9-6-13/h1-9,11H,10,12H2,(H,23,26). The Morgan fingerprint density at radius 2 is 1.73 bits per heavy atom. The van der Waals surface area contributed by atoms with Crippen molar-refractivity contribution < 1.29 is 18.0 Å². The van der Waals surface area contributed by atoms with Gasteiger partial charge in [0.05, 0.1) is 17.8 Å². The Hall–Kier alpha value is -3.16. The van der Waals surface area contributed by atoms with Gasteiger partial charge < -0.3 is 5.32 Å². The first-order chi connectivity index (χ1) is 12.4. The Labute approximate surface area is 147 Å². The Balaban J connectivity index is 1.53. The van der Waals surface area contributed by atoms with Crippen LogP contribution in [0.2, 0.25) is 0 Å². The summed E-state index contributed by atoms with van der Waals surface area (Å²) in [5, 5.41) is 7.06. The molecule has 0 bridgehead atoms. The van der Waals surface area contributed by atoms with Crippen LogP contribution >= 0.6 is 0 Å². The molecule has 26 heavy (non-hydrogen) atoms. The minimum absolute atomic E-state index is 0.177. The Morgan fingerprint density at radius 3 is 2.38 bits per heavy atom. The number of alkyl halides is 3. The van der Waals surface area contributed by atoms with Crippen molar-refractivity contribution in [3.05, 3.63) is 72.2 Å². The highest BCUT2D eigenvalue weighted by molar-refractivity contribution is 5.94. The third-order valence-electron chi connectivity index (χ3n) is 3.72. The van der Waals surface area contributed by atoms with E-state index in [1.165, 1.54) is 0 Å². The molecule has 1 amide bonds. The van der Waals surface area contributed by atoms with Gasteiger partial charge in [0.15, 0.2) is 0 Å². The normalized spacial score (nSPS) is 11.3. The maximum atomic E-state index is 12.5. The minimum Gasteiger partial charge on any atom is -0.350 e. The molecule has 3 rings (SSSR count). The minimum atomic E-state index is -4.42. The smallest absolute Gasteiger partial charge is 0.350 e. The molecule has 2 heterocycles. The highest BCUT2D eigenvalue weighted by Gasteiger charge is 2.30. The van der Waals surface area contributed by atoms with Gasteiger partial charge in [-0.05, 0) is 42.5 Å². The zero-order valence-corrected chi connectivity index (χ0v) is 13.6. The van der Waals surface area contributed by atoms with Gasteiger partial charge >= 0.3 is 6.18 Å². The van der Waals surface area contributed by atoms with Gasteiger partial charge in [0.1, 0.15) is 0 Å². The van der Waals surface area contributed by atoms with Gasteiger partial charge in [-0.2, -0.15) is 18.3 Å². The lowest BCUT2D eigenvalue weighted by atomic mass is 10.1. The van der Waals surface area contributed by atoms with Crippen molar-refractivity contribution in [3.63, 3.8) is 0 Å². The molecule has 0 unspecified atom stereocenters. The van der Waals surface area contributed by atoms with Gasteiger partial charge in [0.2, 0.25) is 0 Å². The Kier molecular flexibility index (Phi) is 5.01. The fraction of sp³-hybridized carbons (Fsp3) is 0.167. The van der Waals surface area contributed by atoms with Crippen LogP contribution in [0.5, 0.6) is 0 Å². The van der Waals surface area contributed by atoms with Gasteiger partial charge in [-0.15, -0.1) is 0 Å². The molecule has 8 heteroatoms. The second-order valence-corrected chi connectivity index (χ2v) is 5.53. The van der Waals surface area contributed by atoms with Crippen molar-refractivity contribution in [3.8, 4) is 11.3 Å². The summed E-state index contributed by atoms with van der Waals surface area (Å²) in [7, 11) is 0. The van der Waals surface area contributed by atoms with Crippen molar-refractivity contribution in [1.29, 1.82) is 0 Å². The van der Waals surface area contributed by atoms with Crippen molar-refractivity contribution >= 4 is 5.91 Å². The Morgan fingerprint density at radius 1 is 1.04 bits per heavy atom. The topological polar surface area (TPSA) is 59.8 Å². The molecule has 3 aromatic rings. The number of nitrogens with one attached hydrogen (secondary N) is 1. The van der Waals surface area contributed by atoms with Gasteiger partial charge in [-0.25, -0.2) is 0 Å². The zero-order valence-electron chi connectivity index (χ0n) is 13.6. The van der Waals surface area contributed by atoms with E-state index in [2.05, 4.69) is 15.4 Å². The molecule has 0 aliphatic heterocycles. The van der Waals surface area contributed by atoms with E-state index in [0.29, 0.717) is 13.1 Å². The molecule has 134 valence electrons. The third-order valence-corrected chi connectivity index (χ3v) is 3.72. The summed E-state index contributed by atoms with van der Waals surface area (Å²) in [4.78, 5) is 15.9. The molecule has 0 fully saturated rings. The van der Waals surface area contributed by atoms with E-state index in [0.717, 1.165) is 35.5 Å². The molecule has 5 nitrogen and oxygen atoms in total. The van der Waals surface area contributed by atoms with Crippen LogP contribution in [0, 0.1) is 0 Å². The quantitative estimate of drug-likeness (QED) is 0.759. The molecular weight excluding hydrogens is 345 g/mol. The number of hydrogen-bond acceptors (Lipinski definition) is 3. The largest absolute Gasteiger partial charge is 0.416 e. The van der Waals surface area contributed by atoms with E-state index in [9.17, 15) is 18.0 Å². The van der Waals surface area contributed by atoms with Crippen molar-refractivity contribution in [1.82, 2.24) is 20.1 Å². The number of rotatable bonds is 5. The number of pyridine rings is 1. The lowest BCUT2D eigenvalue weighted by molar-refractivity contribution is -0.137. The molecule has 0 aliphatic carbocycles. The fourth-order valence-corrected chi connectivity index (χ4v) is 2.36. The number of carbonyl (C=O) groups excluding carboxylic acids is 1. The number of benzene rings is 1. The molecular formula is C18H15F3N4O. The maximum Gasteiger partial charge on any atom is 0.416 e. The van der Waals surface area contributed by atoms with Gasteiger partial charge in [-0.3, -0.25) is 14.5 Å². The molecule has 1 aromatic carbocycles. The molecule has 0 saturated carbocycles. The van der Waals surface area contributed by atoms with Crippen molar-refractivity contribution in [2.45, 2.75) is 12.7 Å². The summed E-state index contributed by atoms with van der Waals surface area (Å²) in [5.74, 6) is -0.430. The fourth-order valence-electron chi connectivity index (χ4n) is 2.36. The van der Waals surface area contributed by atoms with Crippen LogP contribution in [0.3, 0.4) is 0 Å². The lowest BCUT2D eigenvalue weighted by Crippen LogP contribution is -2.27. The van der Waals surface area contributed by atoms with Gasteiger partial charge in [-0.1, -0.05) is 0 Å². The van der Waals surface area contributed by atoms with E-state index in [1.807, 2.05) is 18.2 Å².